The summed E-state index contributed by atoms with van der Waals surface area (Å²) in [4.78, 5) is 28.5. The second-order valence-corrected chi connectivity index (χ2v) is 6.70. The smallest absolute Gasteiger partial charge is 0.225 e. The average Bonchev–Trinajstić information content (AvgIpc) is 3.22. The molecule has 0 aromatic carbocycles. The summed E-state index contributed by atoms with van der Waals surface area (Å²) in [5.41, 5.74) is 0. The van der Waals surface area contributed by atoms with Crippen molar-refractivity contribution in [3.8, 4) is 0 Å². The quantitative estimate of drug-likeness (QED) is 0.816. The molecule has 0 bridgehead atoms. The predicted octanol–water partition coefficient (Wildman–Crippen LogP) is 0.723. The van der Waals surface area contributed by atoms with E-state index in [0.29, 0.717) is 18.4 Å². The van der Waals surface area contributed by atoms with E-state index >= 15 is 0 Å². The molecular formula is C16H20FN7O. The summed E-state index contributed by atoms with van der Waals surface area (Å²) in [6.07, 6.45) is 7.34. The summed E-state index contributed by atoms with van der Waals surface area (Å²) in [6, 6.07) is 0.339. The monoisotopic (exact) mass is 345 g/mol. The number of hydrogen-bond acceptors (Lipinski definition) is 6. The zero-order valence-electron chi connectivity index (χ0n) is 14.0. The van der Waals surface area contributed by atoms with Crippen LogP contribution >= 0.6 is 0 Å². The van der Waals surface area contributed by atoms with Crippen LogP contribution in [0, 0.1) is 11.7 Å². The molecule has 2 aliphatic rings. The van der Waals surface area contributed by atoms with Gasteiger partial charge < -0.3 is 9.80 Å². The van der Waals surface area contributed by atoms with E-state index in [1.807, 2.05) is 4.90 Å². The molecule has 3 atom stereocenters. The third-order valence-corrected chi connectivity index (χ3v) is 5.14. The van der Waals surface area contributed by atoms with Crippen LogP contribution in [0.5, 0.6) is 0 Å². The van der Waals surface area contributed by atoms with E-state index in [4.69, 9.17) is 0 Å². The van der Waals surface area contributed by atoms with Gasteiger partial charge in [-0.15, -0.1) is 0 Å². The second kappa shape index (κ2) is 6.38. The highest BCUT2D eigenvalue weighted by Crippen LogP contribution is 2.37. The number of anilines is 1. The Hall–Kier alpha value is -2.58. The van der Waals surface area contributed by atoms with Gasteiger partial charge in [-0.3, -0.25) is 9.48 Å². The maximum absolute atomic E-state index is 13.0. The largest absolute Gasteiger partial charge is 0.340 e. The number of halogens is 1. The third kappa shape index (κ3) is 3.06. The van der Waals surface area contributed by atoms with Crippen molar-refractivity contribution in [2.24, 2.45) is 5.92 Å². The molecule has 2 unspecified atom stereocenters. The van der Waals surface area contributed by atoms with Gasteiger partial charge in [0.25, 0.3) is 0 Å². The van der Waals surface area contributed by atoms with Crippen LogP contribution in [0.25, 0.3) is 0 Å². The first-order valence-electron chi connectivity index (χ1n) is 8.45. The summed E-state index contributed by atoms with van der Waals surface area (Å²) in [5.74, 6) is 0.563. The van der Waals surface area contributed by atoms with Crippen molar-refractivity contribution in [1.82, 2.24) is 29.6 Å². The fourth-order valence-corrected chi connectivity index (χ4v) is 4.20. The van der Waals surface area contributed by atoms with E-state index in [-0.39, 0.29) is 18.0 Å². The predicted molar refractivity (Wildman–Crippen MR) is 87.0 cm³/mol. The fourth-order valence-electron chi connectivity index (χ4n) is 4.20. The number of rotatable bonds is 3. The van der Waals surface area contributed by atoms with Crippen molar-refractivity contribution in [1.29, 1.82) is 0 Å². The molecule has 0 saturated carbocycles. The van der Waals surface area contributed by atoms with E-state index in [1.54, 1.807) is 17.9 Å². The Morgan fingerprint density at radius 1 is 1.36 bits per heavy atom. The van der Waals surface area contributed by atoms with Crippen molar-refractivity contribution < 1.29 is 9.18 Å². The van der Waals surface area contributed by atoms with E-state index in [1.165, 1.54) is 18.7 Å². The van der Waals surface area contributed by atoms with Crippen LogP contribution in [0.15, 0.2) is 25.0 Å². The van der Waals surface area contributed by atoms with Crippen molar-refractivity contribution in [2.75, 3.05) is 18.0 Å². The van der Waals surface area contributed by atoms with Gasteiger partial charge >= 0.3 is 0 Å². The topological polar surface area (TPSA) is 80.0 Å². The molecule has 25 heavy (non-hydrogen) atoms. The Kier molecular flexibility index (Phi) is 4.06. The van der Waals surface area contributed by atoms with Gasteiger partial charge in [-0.25, -0.2) is 19.3 Å². The lowest BCUT2D eigenvalue weighted by Gasteiger charge is -2.38. The number of carbonyl (C=O) groups excluding carboxylic acids is 1. The number of piperidine rings is 1. The molecule has 1 amide bonds. The first-order valence-corrected chi connectivity index (χ1v) is 8.45. The lowest BCUT2D eigenvalue weighted by atomic mass is 9.92. The number of nitrogens with zero attached hydrogens (tertiary/aromatic N) is 7. The normalized spacial score (nSPS) is 25.9. The molecule has 132 valence electrons. The van der Waals surface area contributed by atoms with E-state index in [9.17, 15) is 9.18 Å². The molecule has 2 aliphatic heterocycles. The van der Waals surface area contributed by atoms with E-state index < -0.39 is 5.82 Å². The number of aromatic nitrogens is 5. The number of likely N-dealkylation sites (tertiary alicyclic amines) is 1. The van der Waals surface area contributed by atoms with Gasteiger partial charge in [0, 0.05) is 26.1 Å². The van der Waals surface area contributed by atoms with Crippen molar-refractivity contribution in [2.45, 2.75) is 38.4 Å². The SMILES string of the molecule is CC(=O)N1C2CCN(c3ncc(F)cn3)CC2C[C@H]1Cn1cncn1. The summed E-state index contributed by atoms with van der Waals surface area (Å²) in [5, 5.41) is 4.16. The van der Waals surface area contributed by atoms with Crippen LogP contribution in [0.2, 0.25) is 0 Å². The summed E-state index contributed by atoms with van der Waals surface area (Å²) in [7, 11) is 0. The van der Waals surface area contributed by atoms with E-state index in [0.717, 1.165) is 25.9 Å². The van der Waals surface area contributed by atoms with Crippen LogP contribution in [0.3, 0.4) is 0 Å². The van der Waals surface area contributed by atoms with Gasteiger partial charge in [-0.05, 0) is 18.8 Å². The second-order valence-electron chi connectivity index (χ2n) is 6.70. The third-order valence-electron chi connectivity index (χ3n) is 5.14. The first kappa shape index (κ1) is 15.9. The number of fused-ring (bicyclic) bond motifs is 1. The van der Waals surface area contributed by atoms with Crippen LogP contribution in [-0.2, 0) is 11.3 Å². The molecule has 2 saturated heterocycles. The minimum atomic E-state index is -0.435. The molecule has 0 spiro atoms. The maximum Gasteiger partial charge on any atom is 0.225 e. The van der Waals surface area contributed by atoms with Crippen molar-refractivity contribution in [3.05, 3.63) is 30.9 Å². The maximum atomic E-state index is 13.0. The van der Waals surface area contributed by atoms with Gasteiger partial charge in [0.15, 0.2) is 5.82 Å². The molecular weight excluding hydrogens is 325 g/mol. The zero-order valence-corrected chi connectivity index (χ0v) is 14.0. The zero-order chi connectivity index (χ0) is 17.4. The standard InChI is InChI=1S/C16H20FN7O/c1-11(25)24-14(8-23-10-18-9-21-23)4-12-7-22(3-2-15(12)24)16-19-5-13(17)6-20-16/h5-6,9-10,12,14-15H,2-4,7-8H2,1H3/t12?,14-,15?/m0/s1. The summed E-state index contributed by atoms with van der Waals surface area (Å²) < 4.78 is 14.8. The minimum absolute atomic E-state index is 0.101. The molecule has 4 rings (SSSR count). The van der Waals surface area contributed by atoms with Gasteiger partial charge in [-0.2, -0.15) is 5.10 Å². The molecule has 2 aromatic heterocycles. The van der Waals surface area contributed by atoms with Gasteiger partial charge in [0.1, 0.15) is 12.7 Å². The molecule has 0 aliphatic carbocycles. The number of carbonyl (C=O) groups is 1. The lowest BCUT2D eigenvalue weighted by molar-refractivity contribution is -0.132. The average molecular weight is 345 g/mol. The highest BCUT2D eigenvalue weighted by Gasteiger charge is 2.45. The summed E-state index contributed by atoms with van der Waals surface area (Å²) >= 11 is 0. The Balaban J connectivity index is 1.50. The lowest BCUT2D eigenvalue weighted by Crippen LogP contribution is -2.49. The number of amides is 1. The Morgan fingerprint density at radius 3 is 2.84 bits per heavy atom. The molecule has 8 nitrogen and oxygen atoms in total. The van der Waals surface area contributed by atoms with Crippen molar-refractivity contribution in [3.63, 3.8) is 0 Å². The van der Waals surface area contributed by atoms with Crippen molar-refractivity contribution >= 4 is 11.9 Å². The minimum Gasteiger partial charge on any atom is -0.340 e. The fraction of sp³-hybridized carbons (Fsp3) is 0.562. The van der Waals surface area contributed by atoms with Crippen LogP contribution in [0.4, 0.5) is 10.3 Å². The molecule has 2 aromatic rings. The van der Waals surface area contributed by atoms with Gasteiger partial charge in [0.05, 0.1) is 25.0 Å². The van der Waals surface area contributed by atoms with Gasteiger partial charge in [0.2, 0.25) is 11.9 Å². The molecule has 0 N–H and O–H groups in total. The molecule has 2 fully saturated rings. The number of hydrogen-bond donors (Lipinski definition) is 0. The summed E-state index contributed by atoms with van der Waals surface area (Å²) in [6.45, 7) is 3.81. The van der Waals surface area contributed by atoms with Gasteiger partial charge in [-0.1, -0.05) is 0 Å². The highest BCUT2D eigenvalue weighted by atomic mass is 19.1. The van der Waals surface area contributed by atoms with E-state index in [2.05, 4.69) is 25.0 Å². The van der Waals surface area contributed by atoms with Crippen LogP contribution in [-0.4, -0.2) is 60.7 Å². The molecule has 4 heterocycles. The Labute approximate surface area is 144 Å². The molecule has 9 heteroatoms. The van der Waals surface area contributed by atoms with Crippen LogP contribution < -0.4 is 4.90 Å². The Morgan fingerprint density at radius 2 is 2.16 bits per heavy atom. The van der Waals surface area contributed by atoms with Crippen LogP contribution in [0.1, 0.15) is 19.8 Å². The first-order chi connectivity index (χ1) is 12.1. The molecule has 0 radical (unpaired) electrons. The Bertz CT molecular complexity index is 735. The highest BCUT2D eigenvalue weighted by molar-refractivity contribution is 5.74.